The van der Waals surface area contributed by atoms with E-state index in [9.17, 15) is 9.59 Å². The van der Waals surface area contributed by atoms with E-state index < -0.39 is 11.9 Å². The van der Waals surface area contributed by atoms with E-state index in [0.29, 0.717) is 12.1 Å². The highest BCUT2D eigenvalue weighted by Gasteiger charge is 2.15. The number of carboxylic acids is 1. The number of carboxylic acid groups (broad SMARTS) is 1. The van der Waals surface area contributed by atoms with Crippen molar-refractivity contribution in [2.24, 2.45) is 0 Å². The normalized spacial score (nSPS) is 10.2. The van der Waals surface area contributed by atoms with E-state index in [1.54, 1.807) is 24.3 Å². The molecule has 8 nitrogen and oxygen atoms in total. The summed E-state index contributed by atoms with van der Waals surface area (Å²) >= 11 is 0. The Balaban J connectivity index is 1.99. The molecule has 0 bridgehead atoms. The number of hydrogen-bond donors (Lipinski definition) is 3. The third-order valence-electron chi connectivity index (χ3n) is 2.57. The van der Waals surface area contributed by atoms with E-state index in [1.165, 1.54) is 0 Å². The number of anilines is 2. The van der Waals surface area contributed by atoms with Crippen LogP contribution in [0.15, 0.2) is 28.9 Å². The van der Waals surface area contributed by atoms with Crippen molar-refractivity contribution in [1.29, 1.82) is 0 Å². The van der Waals surface area contributed by atoms with Gasteiger partial charge in [0.15, 0.2) is 0 Å². The molecule has 0 fully saturated rings. The zero-order chi connectivity index (χ0) is 14.5. The highest BCUT2D eigenvalue weighted by atomic mass is 16.6. The maximum atomic E-state index is 11.8. The largest absolute Gasteiger partial charge is 0.481 e. The van der Waals surface area contributed by atoms with Crippen molar-refractivity contribution in [3.8, 4) is 0 Å². The first-order valence-corrected chi connectivity index (χ1v) is 5.76. The number of aryl methyl sites for hydroxylation is 1. The Morgan fingerprint density at radius 3 is 2.50 bits per heavy atom. The second-order valence-corrected chi connectivity index (χ2v) is 4.04. The van der Waals surface area contributed by atoms with E-state index in [4.69, 9.17) is 10.8 Å². The smallest absolute Gasteiger partial charge is 0.303 e. The molecule has 4 N–H and O–H groups in total. The molecule has 1 amide bonds. The van der Waals surface area contributed by atoms with Gasteiger partial charge in [-0.3, -0.25) is 9.59 Å². The number of hydrogen-bond acceptors (Lipinski definition) is 6. The molecular formula is C12H12N4O4. The summed E-state index contributed by atoms with van der Waals surface area (Å²) in [6, 6.07) is 6.81. The Morgan fingerprint density at radius 2 is 1.95 bits per heavy atom. The van der Waals surface area contributed by atoms with E-state index in [2.05, 4.69) is 20.3 Å². The van der Waals surface area contributed by atoms with Crippen LogP contribution >= 0.6 is 0 Å². The van der Waals surface area contributed by atoms with Gasteiger partial charge in [-0.25, -0.2) is 4.63 Å². The Morgan fingerprint density at radius 1 is 1.25 bits per heavy atom. The van der Waals surface area contributed by atoms with E-state index in [0.717, 1.165) is 5.56 Å². The van der Waals surface area contributed by atoms with Crippen LogP contribution < -0.4 is 11.1 Å². The van der Waals surface area contributed by atoms with Crippen molar-refractivity contribution in [2.75, 3.05) is 11.1 Å². The summed E-state index contributed by atoms with van der Waals surface area (Å²) in [5.74, 6) is -1.46. The number of benzene rings is 1. The van der Waals surface area contributed by atoms with Crippen LogP contribution in [0.5, 0.6) is 0 Å². The van der Waals surface area contributed by atoms with Gasteiger partial charge in [-0.1, -0.05) is 12.1 Å². The highest BCUT2D eigenvalue weighted by molar-refractivity contribution is 6.05. The summed E-state index contributed by atoms with van der Waals surface area (Å²) in [7, 11) is 0. The molecule has 8 heteroatoms. The molecule has 20 heavy (non-hydrogen) atoms. The monoisotopic (exact) mass is 276 g/mol. The molecule has 1 aromatic carbocycles. The third-order valence-corrected chi connectivity index (χ3v) is 2.57. The van der Waals surface area contributed by atoms with Crippen molar-refractivity contribution in [1.82, 2.24) is 10.3 Å². The molecule has 1 heterocycles. The summed E-state index contributed by atoms with van der Waals surface area (Å²) in [4.78, 5) is 22.2. The predicted octanol–water partition coefficient (Wildman–Crippen LogP) is 0.921. The average molecular weight is 276 g/mol. The Bertz CT molecular complexity index is 621. The van der Waals surface area contributed by atoms with E-state index >= 15 is 0 Å². The molecule has 2 rings (SSSR count). The standard InChI is InChI=1S/C12H12N4O4/c13-11-10(15-20-16-11)12(19)14-8-4-1-7(2-5-8)3-6-9(17)18/h1-2,4-5H,3,6H2,(H2,13,16)(H,14,19)(H,17,18). The number of aliphatic carboxylic acids is 1. The van der Waals surface area contributed by atoms with Gasteiger partial charge in [0.1, 0.15) is 0 Å². The number of carbonyl (C=O) groups is 2. The lowest BCUT2D eigenvalue weighted by atomic mass is 10.1. The first kappa shape index (κ1) is 13.5. The number of amides is 1. The fourth-order valence-electron chi connectivity index (χ4n) is 1.55. The maximum absolute atomic E-state index is 11.8. The molecule has 0 aliphatic rings. The van der Waals surface area contributed by atoms with Gasteiger partial charge in [-0.05, 0) is 34.4 Å². The van der Waals surface area contributed by atoms with Gasteiger partial charge in [0.2, 0.25) is 11.5 Å². The van der Waals surface area contributed by atoms with Crippen molar-refractivity contribution in [3.63, 3.8) is 0 Å². The Hall–Kier alpha value is -2.90. The number of nitrogens with two attached hydrogens (primary N) is 1. The topological polar surface area (TPSA) is 131 Å². The minimum Gasteiger partial charge on any atom is -0.481 e. The van der Waals surface area contributed by atoms with Gasteiger partial charge in [-0.2, -0.15) is 0 Å². The summed E-state index contributed by atoms with van der Waals surface area (Å²) < 4.78 is 4.34. The average Bonchev–Trinajstić information content (AvgIpc) is 2.84. The van der Waals surface area contributed by atoms with Crippen LogP contribution in [0.2, 0.25) is 0 Å². The minimum absolute atomic E-state index is 0.0623. The molecular weight excluding hydrogens is 264 g/mol. The SMILES string of the molecule is Nc1nonc1C(=O)Nc1ccc(CCC(=O)O)cc1. The maximum Gasteiger partial charge on any atom is 0.303 e. The predicted molar refractivity (Wildman–Crippen MR) is 69.1 cm³/mol. The highest BCUT2D eigenvalue weighted by Crippen LogP contribution is 2.13. The zero-order valence-corrected chi connectivity index (χ0v) is 10.4. The van der Waals surface area contributed by atoms with Gasteiger partial charge in [0.05, 0.1) is 0 Å². The van der Waals surface area contributed by atoms with Crippen LogP contribution in [0.1, 0.15) is 22.5 Å². The molecule has 0 aliphatic carbocycles. The number of nitrogens with zero attached hydrogens (tertiary/aromatic N) is 2. The molecule has 1 aromatic heterocycles. The summed E-state index contributed by atoms with van der Waals surface area (Å²) in [6.07, 6.45) is 0.497. The van der Waals surface area contributed by atoms with Gasteiger partial charge in [-0.15, -0.1) is 0 Å². The number of nitrogen functional groups attached to an aromatic ring is 1. The van der Waals surface area contributed by atoms with Crippen LogP contribution in [0.25, 0.3) is 0 Å². The Labute approximate surface area is 113 Å². The zero-order valence-electron chi connectivity index (χ0n) is 10.4. The van der Waals surface area contributed by atoms with Crippen LogP contribution in [0.3, 0.4) is 0 Å². The lowest BCUT2D eigenvalue weighted by molar-refractivity contribution is -0.136. The molecule has 0 spiro atoms. The molecule has 0 aliphatic heterocycles. The van der Waals surface area contributed by atoms with Gasteiger partial charge >= 0.3 is 5.97 Å². The molecule has 0 unspecified atom stereocenters. The number of nitrogens with one attached hydrogen (secondary N) is 1. The molecule has 104 valence electrons. The van der Waals surface area contributed by atoms with Crippen molar-refractivity contribution < 1.29 is 19.3 Å². The molecule has 0 saturated carbocycles. The second kappa shape index (κ2) is 5.83. The van der Waals surface area contributed by atoms with Gasteiger partial charge in [0, 0.05) is 12.1 Å². The lowest BCUT2D eigenvalue weighted by Crippen LogP contribution is -2.14. The van der Waals surface area contributed by atoms with Crippen LogP contribution in [-0.4, -0.2) is 27.3 Å². The number of carbonyl (C=O) groups excluding carboxylic acids is 1. The van der Waals surface area contributed by atoms with Gasteiger partial charge < -0.3 is 16.2 Å². The number of aromatic nitrogens is 2. The molecule has 2 aromatic rings. The minimum atomic E-state index is -0.851. The Kier molecular flexibility index (Phi) is 3.94. The quantitative estimate of drug-likeness (QED) is 0.739. The van der Waals surface area contributed by atoms with E-state index in [-0.39, 0.29) is 17.9 Å². The van der Waals surface area contributed by atoms with Crippen LogP contribution in [0, 0.1) is 0 Å². The second-order valence-electron chi connectivity index (χ2n) is 4.04. The van der Waals surface area contributed by atoms with Crippen molar-refractivity contribution >= 4 is 23.4 Å². The third kappa shape index (κ3) is 3.31. The van der Waals surface area contributed by atoms with Crippen LogP contribution in [0.4, 0.5) is 11.5 Å². The number of rotatable bonds is 5. The van der Waals surface area contributed by atoms with Gasteiger partial charge in [0.25, 0.3) is 5.91 Å². The summed E-state index contributed by atoms with van der Waals surface area (Å²) in [5.41, 5.74) is 6.73. The van der Waals surface area contributed by atoms with Crippen LogP contribution in [-0.2, 0) is 11.2 Å². The first-order valence-electron chi connectivity index (χ1n) is 5.76. The molecule has 0 atom stereocenters. The fourth-order valence-corrected chi connectivity index (χ4v) is 1.55. The molecule has 0 saturated heterocycles. The lowest BCUT2D eigenvalue weighted by Gasteiger charge is -2.04. The molecule has 0 radical (unpaired) electrons. The summed E-state index contributed by atoms with van der Waals surface area (Å²) in [6.45, 7) is 0. The van der Waals surface area contributed by atoms with E-state index in [1.807, 2.05) is 0 Å². The fraction of sp³-hybridized carbons (Fsp3) is 0.167. The first-order chi connectivity index (χ1) is 9.56. The van der Waals surface area contributed by atoms with Crippen molar-refractivity contribution in [2.45, 2.75) is 12.8 Å². The van der Waals surface area contributed by atoms with Crippen molar-refractivity contribution in [3.05, 3.63) is 35.5 Å². The summed E-state index contributed by atoms with van der Waals surface area (Å²) in [5, 5.41) is 17.9.